The third-order valence-corrected chi connectivity index (χ3v) is 5.82. The van der Waals surface area contributed by atoms with Gasteiger partial charge in [-0.3, -0.25) is 14.3 Å². The Morgan fingerprint density at radius 1 is 0.906 bits per heavy atom. The molecule has 3 aromatic rings. The first-order valence-corrected chi connectivity index (χ1v) is 11.0. The van der Waals surface area contributed by atoms with Gasteiger partial charge in [0.25, 0.3) is 15.9 Å². The van der Waals surface area contributed by atoms with Crippen molar-refractivity contribution in [2.24, 2.45) is 0 Å². The molecule has 0 fully saturated rings. The third kappa shape index (κ3) is 5.01. The molecule has 0 saturated heterocycles. The van der Waals surface area contributed by atoms with Crippen molar-refractivity contribution in [2.45, 2.75) is 4.90 Å². The van der Waals surface area contributed by atoms with Gasteiger partial charge in [0, 0.05) is 17.4 Å². The highest BCUT2D eigenvalue weighted by atomic mass is 32.2. The maximum Gasteiger partial charge on any atom is 0.262 e. The van der Waals surface area contributed by atoms with Crippen molar-refractivity contribution in [1.29, 1.82) is 0 Å². The lowest BCUT2D eigenvalue weighted by Gasteiger charge is -2.19. The van der Waals surface area contributed by atoms with E-state index in [9.17, 15) is 18.0 Å². The first-order chi connectivity index (χ1) is 15.4. The first-order valence-electron chi connectivity index (χ1n) is 9.53. The van der Waals surface area contributed by atoms with Crippen LogP contribution in [-0.4, -0.2) is 40.0 Å². The summed E-state index contributed by atoms with van der Waals surface area (Å²) in [5.74, 6) is -0.00227. The Kier molecular flexibility index (Phi) is 5.99. The lowest BCUT2D eigenvalue weighted by molar-refractivity contribution is -0.115. The highest BCUT2D eigenvalue weighted by molar-refractivity contribution is 7.92. The highest BCUT2D eigenvalue weighted by Crippen LogP contribution is 2.32. The second kappa shape index (κ2) is 9.02. The zero-order chi connectivity index (χ0) is 22.6. The van der Waals surface area contributed by atoms with Gasteiger partial charge in [-0.25, -0.2) is 8.42 Å². The number of rotatable bonds is 7. The number of hydrogen-bond acceptors (Lipinski definition) is 7. The number of benzene rings is 2. The molecule has 0 bridgehead atoms. The molecule has 0 spiro atoms. The van der Waals surface area contributed by atoms with E-state index in [1.54, 1.807) is 6.07 Å². The summed E-state index contributed by atoms with van der Waals surface area (Å²) in [6.45, 7) is 0.531. The number of hydrogen-bond donors (Lipinski definition) is 3. The molecule has 3 N–H and O–H groups in total. The van der Waals surface area contributed by atoms with Crippen molar-refractivity contribution in [3.05, 3.63) is 66.6 Å². The second-order valence-corrected chi connectivity index (χ2v) is 8.41. The maximum atomic E-state index is 12.7. The van der Waals surface area contributed by atoms with E-state index in [0.29, 0.717) is 41.7 Å². The molecule has 166 valence electrons. The minimum Gasteiger partial charge on any atom is -0.486 e. The predicted octanol–water partition coefficient (Wildman–Crippen LogP) is 2.22. The number of carbonyl (C=O) groups is 2. The van der Waals surface area contributed by atoms with Crippen LogP contribution in [0.2, 0.25) is 0 Å². The van der Waals surface area contributed by atoms with Gasteiger partial charge in [0.15, 0.2) is 11.5 Å². The Balaban J connectivity index is 1.34. The molecular formula is C21H19N3O7S. The minimum absolute atomic E-state index is 0.0347. The van der Waals surface area contributed by atoms with Gasteiger partial charge in [-0.05, 0) is 42.5 Å². The molecular weight excluding hydrogens is 438 g/mol. The summed E-state index contributed by atoms with van der Waals surface area (Å²) in [5.41, 5.74) is 1.06. The van der Waals surface area contributed by atoms with E-state index >= 15 is 0 Å². The zero-order valence-electron chi connectivity index (χ0n) is 16.7. The summed E-state index contributed by atoms with van der Waals surface area (Å²) in [7, 11) is -3.85. The van der Waals surface area contributed by atoms with Crippen LogP contribution in [0.5, 0.6) is 11.5 Å². The molecule has 2 amide bonds. The Morgan fingerprint density at radius 3 is 2.34 bits per heavy atom. The summed E-state index contributed by atoms with van der Waals surface area (Å²) in [4.78, 5) is 23.9. The standard InChI is InChI=1S/C21H19N3O7S/c25-20(12-22-21(26)14-7-8-29-13-14)23-15-1-3-16(4-2-15)24-32(27,28)17-5-6-18-19(11-17)31-10-9-30-18/h1-8,11,13,24H,9-10,12H2,(H,22,26)(H,23,25). The van der Waals surface area contributed by atoms with E-state index in [2.05, 4.69) is 15.4 Å². The van der Waals surface area contributed by atoms with Gasteiger partial charge in [0.05, 0.1) is 23.3 Å². The summed E-state index contributed by atoms with van der Waals surface area (Å²) < 4.78 is 43.5. The Bertz CT molecular complexity index is 1220. The first kappa shape index (κ1) is 21.2. The average molecular weight is 457 g/mol. The Hall–Kier alpha value is -3.99. The molecule has 10 nitrogen and oxygen atoms in total. The number of fused-ring (bicyclic) bond motifs is 1. The van der Waals surface area contributed by atoms with Crippen LogP contribution in [0.3, 0.4) is 0 Å². The van der Waals surface area contributed by atoms with Crippen LogP contribution in [0.1, 0.15) is 10.4 Å². The highest BCUT2D eigenvalue weighted by Gasteiger charge is 2.19. The van der Waals surface area contributed by atoms with Crippen LogP contribution in [-0.2, 0) is 14.8 Å². The lowest BCUT2D eigenvalue weighted by Crippen LogP contribution is -2.32. The van der Waals surface area contributed by atoms with E-state index in [-0.39, 0.29) is 11.4 Å². The number of ether oxygens (including phenoxy) is 2. The lowest BCUT2D eigenvalue weighted by atomic mass is 10.3. The van der Waals surface area contributed by atoms with Crippen molar-refractivity contribution < 1.29 is 31.9 Å². The van der Waals surface area contributed by atoms with Gasteiger partial charge in [0.2, 0.25) is 5.91 Å². The fourth-order valence-corrected chi connectivity index (χ4v) is 3.96. The van der Waals surface area contributed by atoms with E-state index in [4.69, 9.17) is 13.9 Å². The molecule has 4 rings (SSSR count). The normalized spacial score (nSPS) is 12.6. The van der Waals surface area contributed by atoms with Crippen LogP contribution in [0.25, 0.3) is 0 Å². The topological polar surface area (TPSA) is 136 Å². The van der Waals surface area contributed by atoms with Crippen LogP contribution >= 0.6 is 0 Å². The van der Waals surface area contributed by atoms with Crippen LogP contribution < -0.4 is 24.8 Å². The monoisotopic (exact) mass is 457 g/mol. The SMILES string of the molecule is O=C(CNC(=O)c1ccoc1)Nc1ccc(NS(=O)(=O)c2ccc3c(c2)OCCO3)cc1. The van der Waals surface area contributed by atoms with Crippen LogP contribution in [0, 0.1) is 0 Å². The van der Waals surface area contributed by atoms with Crippen molar-refractivity contribution in [2.75, 3.05) is 29.8 Å². The summed E-state index contributed by atoms with van der Waals surface area (Å²) in [6, 6.07) is 12.0. The number of nitrogens with one attached hydrogen (secondary N) is 3. The Labute approximate surface area is 183 Å². The largest absolute Gasteiger partial charge is 0.486 e. The molecule has 2 aromatic carbocycles. The average Bonchev–Trinajstić information content (AvgIpc) is 3.33. The molecule has 0 aliphatic carbocycles. The molecule has 0 unspecified atom stereocenters. The second-order valence-electron chi connectivity index (χ2n) is 6.73. The molecule has 0 atom stereocenters. The van der Waals surface area contributed by atoms with Gasteiger partial charge in [-0.2, -0.15) is 0 Å². The van der Waals surface area contributed by atoms with Crippen molar-refractivity contribution in [1.82, 2.24) is 5.32 Å². The van der Waals surface area contributed by atoms with Crippen LogP contribution in [0.4, 0.5) is 11.4 Å². The summed E-state index contributed by atoms with van der Waals surface area (Å²) in [6.07, 6.45) is 2.64. The number of furan rings is 1. The third-order valence-electron chi connectivity index (χ3n) is 4.44. The molecule has 0 radical (unpaired) electrons. The van der Waals surface area contributed by atoms with Gasteiger partial charge in [0.1, 0.15) is 19.5 Å². The van der Waals surface area contributed by atoms with E-state index in [0.717, 1.165) is 0 Å². The van der Waals surface area contributed by atoms with E-state index in [1.807, 2.05) is 0 Å². The number of amides is 2. The molecule has 11 heteroatoms. The minimum atomic E-state index is -3.85. The fraction of sp³-hybridized carbons (Fsp3) is 0.143. The maximum absolute atomic E-state index is 12.7. The van der Waals surface area contributed by atoms with Crippen LogP contribution in [0.15, 0.2) is 70.4 Å². The number of anilines is 2. The Morgan fingerprint density at radius 2 is 1.62 bits per heavy atom. The van der Waals surface area contributed by atoms with Gasteiger partial charge >= 0.3 is 0 Å². The van der Waals surface area contributed by atoms with Gasteiger partial charge in [-0.15, -0.1) is 0 Å². The quantitative estimate of drug-likeness (QED) is 0.495. The van der Waals surface area contributed by atoms with Crippen molar-refractivity contribution >= 4 is 33.2 Å². The molecule has 1 aliphatic heterocycles. The molecule has 1 aromatic heterocycles. The fourth-order valence-electron chi connectivity index (χ4n) is 2.89. The van der Waals surface area contributed by atoms with E-state index < -0.39 is 21.8 Å². The smallest absolute Gasteiger partial charge is 0.262 e. The zero-order valence-corrected chi connectivity index (χ0v) is 17.5. The van der Waals surface area contributed by atoms with Gasteiger partial charge < -0.3 is 24.5 Å². The molecule has 1 aliphatic rings. The molecule has 32 heavy (non-hydrogen) atoms. The van der Waals surface area contributed by atoms with E-state index in [1.165, 1.54) is 55.0 Å². The molecule has 0 saturated carbocycles. The predicted molar refractivity (Wildman–Crippen MR) is 114 cm³/mol. The van der Waals surface area contributed by atoms with Crippen molar-refractivity contribution in [3.8, 4) is 11.5 Å². The number of sulfonamides is 1. The van der Waals surface area contributed by atoms with Gasteiger partial charge in [-0.1, -0.05) is 0 Å². The number of carbonyl (C=O) groups excluding carboxylic acids is 2. The summed E-state index contributed by atoms with van der Waals surface area (Å²) >= 11 is 0. The van der Waals surface area contributed by atoms with Crippen molar-refractivity contribution in [3.63, 3.8) is 0 Å². The molecule has 2 heterocycles. The summed E-state index contributed by atoms with van der Waals surface area (Å²) in [5, 5.41) is 5.08.